The van der Waals surface area contributed by atoms with Gasteiger partial charge in [-0.2, -0.15) is 0 Å². The fourth-order valence-electron chi connectivity index (χ4n) is 2.33. The van der Waals surface area contributed by atoms with Gasteiger partial charge in [-0.05, 0) is 27.7 Å². The maximum absolute atomic E-state index is 11.9. The first-order valence-corrected chi connectivity index (χ1v) is 5.22. The number of nitrogens with zero attached hydrogens (tertiary/aromatic N) is 1. The summed E-state index contributed by atoms with van der Waals surface area (Å²) in [6, 6.07) is 0. The number of hydrogen-bond donors (Lipinski definition) is 0. The van der Waals surface area contributed by atoms with Crippen LogP contribution in [0.1, 0.15) is 41.0 Å². The Bertz CT molecular complexity index is 217. The molecule has 0 saturated carbocycles. The molecule has 1 saturated heterocycles. The zero-order valence-electron chi connectivity index (χ0n) is 9.89. The minimum absolute atomic E-state index is 0.186. The summed E-state index contributed by atoms with van der Waals surface area (Å²) >= 11 is 0. The lowest BCUT2D eigenvalue weighted by Gasteiger charge is -2.52. The molecule has 3 heteroatoms. The molecule has 82 valence electrons. The van der Waals surface area contributed by atoms with Gasteiger partial charge in [0.05, 0.1) is 24.3 Å². The van der Waals surface area contributed by atoms with Crippen molar-refractivity contribution in [2.24, 2.45) is 0 Å². The quantitative estimate of drug-likeness (QED) is 0.644. The molecule has 0 atom stereocenters. The van der Waals surface area contributed by atoms with Crippen LogP contribution in [0.3, 0.4) is 0 Å². The van der Waals surface area contributed by atoms with Crippen LogP contribution in [0.2, 0.25) is 0 Å². The lowest BCUT2D eigenvalue weighted by molar-refractivity contribution is -0.166. The molecule has 0 aliphatic carbocycles. The van der Waals surface area contributed by atoms with E-state index in [4.69, 9.17) is 4.74 Å². The molecule has 1 heterocycles. The van der Waals surface area contributed by atoms with Gasteiger partial charge in [0.2, 0.25) is 5.91 Å². The van der Waals surface area contributed by atoms with Gasteiger partial charge in [-0.1, -0.05) is 6.92 Å². The van der Waals surface area contributed by atoms with E-state index in [9.17, 15) is 4.79 Å². The monoisotopic (exact) mass is 199 g/mol. The minimum atomic E-state index is -0.186. The number of carbonyl (C=O) groups is 1. The van der Waals surface area contributed by atoms with Crippen LogP contribution in [0.25, 0.3) is 0 Å². The van der Waals surface area contributed by atoms with Gasteiger partial charge in [-0.3, -0.25) is 4.79 Å². The van der Waals surface area contributed by atoms with Crippen molar-refractivity contribution < 1.29 is 9.53 Å². The Morgan fingerprint density at radius 2 is 1.64 bits per heavy atom. The predicted octanol–water partition coefficient (Wildman–Crippen LogP) is 1.81. The Morgan fingerprint density at radius 3 is 2.00 bits per heavy atom. The molecule has 0 radical (unpaired) electrons. The van der Waals surface area contributed by atoms with Gasteiger partial charge in [-0.15, -0.1) is 0 Å². The minimum Gasteiger partial charge on any atom is -0.377 e. The second-order valence-electron chi connectivity index (χ2n) is 5.20. The lowest BCUT2D eigenvalue weighted by atomic mass is 9.91. The number of rotatable bonds is 1. The van der Waals surface area contributed by atoms with Crippen molar-refractivity contribution in [3.05, 3.63) is 0 Å². The first kappa shape index (κ1) is 11.5. The summed E-state index contributed by atoms with van der Waals surface area (Å²) in [7, 11) is 0. The second-order valence-corrected chi connectivity index (χ2v) is 5.20. The number of carbonyl (C=O) groups excluding carboxylic acids is 1. The number of hydrogen-bond acceptors (Lipinski definition) is 2. The summed E-state index contributed by atoms with van der Waals surface area (Å²) in [5.41, 5.74) is -0.371. The highest BCUT2D eigenvalue weighted by Gasteiger charge is 2.44. The second kappa shape index (κ2) is 3.54. The van der Waals surface area contributed by atoms with E-state index in [1.54, 1.807) is 0 Å². The van der Waals surface area contributed by atoms with Gasteiger partial charge in [-0.25, -0.2) is 0 Å². The molecular weight excluding hydrogens is 178 g/mol. The normalized spacial score (nSPS) is 24.8. The summed E-state index contributed by atoms with van der Waals surface area (Å²) < 4.78 is 5.53. The molecule has 0 bridgehead atoms. The van der Waals surface area contributed by atoms with E-state index in [-0.39, 0.29) is 17.0 Å². The highest BCUT2D eigenvalue weighted by Crippen LogP contribution is 2.31. The highest BCUT2D eigenvalue weighted by molar-refractivity contribution is 5.77. The Labute approximate surface area is 86.4 Å². The van der Waals surface area contributed by atoms with Gasteiger partial charge in [0, 0.05) is 6.42 Å². The molecule has 0 aromatic rings. The third-order valence-electron chi connectivity index (χ3n) is 2.67. The van der Waals surface area contributed by atoms with Gasteiger partial charge in [0.25, 0.3) is 0 Å². The van der Waals surface area contributed by atoms with E-state index in [2.05, 4.69) is 27.7 Å². The molecule has 1 fully saturated rings. The Balaban J connectivity index is 2.97. The first-order valence-electron chi connectivity index (χ1n) is 5.22. The van der Waals surface area contributed by atoms with Crippen LogP contribution in [0.15, 0.2) is 0 Å². The molecule has 1 amide bonds. The van der Waals surface area contributed by atoms with Crippen molar-refractivity contribution in [3.63, 3.8) is 0 Å². The van der Waals surface area contributed by atoms with Gasteiger partial charge >= 0.3 is 0 Å². The standard InChI is InChI=1S/C11H21NO2/c1-6-9(13)12-10(2,3)7-14-8-11(12,4)5/h6-8H2,1-5H3. The third-order valence-corrected chi connectivity index (χ3v) is 2.67. The Morgan fingerprint density at radius 1 is 1.21 bits per heavy atom. The van der Waals surface area contributed by atoms with Crippen LogP contribution in [-0.2, 0) is 9.53 Å². The number of morpholine rings is 1. The fraction of sp³-hybridized carbons (Fsp3) is 0.909. The SMILES string of the molecule is CCC(=O)N1C(C)(C)COCC1(C)C. The molecule has 0 N–H and O–H groups in total. The van der Waals surface area contributed by atoms with Crippen molar-refractivity contribution in [1.29, 1.82) is 0 Å². The number of amides is 1. The van der Waals surface area contributed by atoms with Crippen molar-refractivity contribution in [3.8, 4) is 0 Å². The third kappa shape index (κ3) is 1.92. The van der Waals surface area contributed by atoms with Crippen molar-refractivity contribution in [1.82, 2.24) is 4.90 Å². The average molecular weight is 199 g/mol. The zero-order valence-corrected chi connectivity index (χ0v) is 9.89. The fourth-order valence-corrected chi connectivity index (χ4v) is 2.33. The van der Waals surface area contributed by atoms with Crippen molar-refractivity contribution >= 4 is 5.91 Å². The van der Waals surface area contributed by atoms with Gasteiger partial charge in [0.1, 0.15) is 0 Å². The topological polar surface area (TPSA) is 29.5 Å². The largest absolute Gasteiger partial charge is 0.377 e. The van der Waals surface area contributed by atoms with Gasteiger partial charge in [0.15, 0.2) is 0 Å². The molecule has 1 rings (SSSR count). The summed E-state index contributed by atoms with van der Waals surface area (Å²) in [4.78, 5) is 13.8. The molecule has 1 aliphatic heterocycles. The van der Waals surface area contributed by atoms with E-state index >= 15 is 0 Å². The maximum Gasteiger partial charge on any atom is 0.223 e. The molecule has 0 spiro atoms. The molecule has 14 heavy (non-hydrogen) atoms. The molecule has 0 unspecified atom stereocenters. The maximum atomic E-state index is 11.9. The van der Waals surface area contributed by atoms with Crippen LogP contribution in [0.5, 0.6) is 0 Å². The highest BCUT2D eigenvalue weighted by atomic mass is 16.5. The van der Waals surface area contributed by atoms with Crippen LogP contribution in [-0.4, -0.2) is 35.1 Å². The van der Waals surface area contributed by atoms with E-state index in [1.165, 1.54) is 0 Å². The summed E-state index contributed by atoms with van der Waals surface area (Å²) in [5, 5.41) is 0. The predicted molar refractivity (Wildman–Crippen MR) is 56.1 cm³/mol. The van der Waals surface area contributed by atoms with Crippen LogP contribution in [0.4, 0.5) is 0 Å². The van der Waals surface area contributed by atoms with E-state index < -0.39 is 0 Å². The Kier molecular flexibility index (Phi) is 2.91. The van der Waals surface area contributed by atoms with E-state index in [0.29, 0.717) is 19.6 Å². The van der Waals surface area contributed by atoms with Crippen LogP contribution >= 0.6 is 0 Å². The summed E-state index contributed by atoms with van der Waals surface area (Å²) in [5.74, 6) is 0.211. The van der Waals surface area contributed by atoms with Gasteiger partial charge < -0.3 is 9.64 Å². The molecule has 0 aromatic carbocycles. The van der Waals surface area contributed by atoms with Crippen LogP contribution in [0, 0.1) is 0 Å². The zero-order chi connectivity index (χ0) is 11.0. The van der Waals surface area contributed by atoms with E-state index in [1.807, 2.05) is 11.8 Å². The van der Waals surface area contributed by atoms with Crippen molar-refractivity contribution in [2.75, 3.05) is 13.2 Å². The first-order chi connectivity index (χ1) is 6.31. The molecule has 3 nitrogen and oxygen atoms in total. The molecule has 0 aromatic heterocycles. The number of ether oxygens (including phenoxy) is 1. The lowest BCUT2D eigenvalue weighted by Crippen LogP contribution is -2.65. The Hall–Kier alpha value is -0.570. The summed E-state index contributed by atoms with van der Waals surface area (Å²) in [6.07, 6.45) is 0.562. The molecule has 1 aliphatic rings. The van der Waals surface area contributed by atoms with E-state index in [0.717, 1.165) is 0 Å². The summed E-state index contributed by atoms with van der Waals surface area (Å²) in [6.45, 7) is 11.4. The average Bonchev–Trinajstić information content (AvgIpc) is 2.00. The molecular formula is C11H21NO2. The smallest absolute Gasteiger partial charge is 0.223 e. The van der Waals surface area contributed by atoms with Crippen molar-refractivity contribution in [2.45, 2.75) is 52.1 Å². The van der Waals surface area contributed by atoms with Crippen LogP contribution < -0.4 is 0 Å².